The number of hydrogen-bond acceptors (Lipinski definition) is 4. The minimum atomic E-state index is 0.396. The second-order valence-electron chi connectivity index (χ2n) is 4.67. The van der Waals surface area contributed by atoms with Gasteiger partial charge in [-0.2, -0.15) is 5.10 Å². The highest BCUT2D eigenvalue weighted by molar-refractivity contribution is 9.09. The normalized spacial score (nSPS) is 17.2. The molecule has 6 heteroatoms. The van der Waals surface area contributed by atoms with Crippen molar-refractivity contribution < 1.29 is 4.74 Å². The Bertz CT molecular complexity index is 536. The molecule has 5 nitrogen and oxygen atoms in total. The van der Waals surface area contributed by atoms with Gasteiger partial charge in [0.1, 0.15) is 5.82 Å². The fourth-order valence-corrected chi connectivity index (χ4v) is 2.63. The predicted octanol–water partition coefficient (Wildman–Crippen LogP) is 2.11. The fraction of sp³-hybridized carbons (Fsp3) is 0.538. The molecule has 0 spiro atoms. The molecule has 0 unspecified atom stereocenters. The summed E-state index contributed by atoms with van der Waals surface area (Å²) in [5.74, 6) is 1.03. The summed E-state index contributed by atoms with van der Waals surface area (Å²) in [5.41, 5.74) is 0.898. The third-order valence-corrected chi connectivity index (χ3v) is 3.76. The smallest absolute Gasteiger partial charge is 0.157 e. The molecule has 19 heavy (non-hydrogen) atoms. The molecule has 0 aliphatic carbocycles. The van der Waals surface area contributed by atoms with Crippen molar-refractivity contribution in [2.24, 2.45) is 0 Å². The van der Waals surface area contributed by atoms with Gasteiger partial charge in [-0.3, -0.25) is 0 Å². The summed E-state index contributed by atoms with van der Waals surface area (Å²) < 4.78 is 7.55. The van der Waals surface area contributed by atoms with Crippen LogP contribution < -0.4 is 4.90 Å². The lowest BCUT2D eigenvalue weighted by Crippen LogP contribution is -2.37. The maximum Gasteiger partial charge on any atom is 0.157 e. The van der Waals surface area contributed by atoms with Gasteiger partial charge >= 0.3 is 0 Å². The Morgan fingerprint density at radius 2 is 2.16 bits per heavy atom. The Hall–Kier alpha value is -1.14. The molecule has 1 aliphatic heterocycles. The first-order chi connectivity index (χ1) is 9.36. The highest BCUT2D eigenvalue weighted by Gasteiger charge is 2.20. The predicted molar refractivity (Wildman–Crippen MR) is 78.0 cm³/mol. The SMILES string of the molecule is BrCCOC1CCN(c2ccn3nccc3n2)CC1. The van der Waals surface area contributed by atoms with E-state index in [1.165, 1.54) is 0 Å². The Balaban J connectivity index is 1.64. The number of alkyl halides is 1. The number of aromatic nitrogens is 3. The van der Waals surface area contributed by atoms with E-state index in [0.29, 0.717) is 6.10 Å². The van der Waals surface area contributed by atoms with Crippen LogP contribution in [-0.2, 0) is 4.74 Å². The molecule has 0 saturated carbocycles. The first-order valence-corrected chi connectivity index (χ1v) is 7.72. The molecule has 2 aromatic heterocycles. The molecule has 3 heterocycles. The molecule has 0 N–H and O–H groups in total. The van der Waals surface area contributed by atoms with Gasteiger partial charge in [0, 0.05) is 30.7 Å². The van der Waals surface area contributed by atoms with Crippen LogP contribution in [0.1, 0.15) is 12.8 Å². The zero-order chi connectivity index (χ0) is 13.1. The van der Waals surface area contributed by atoms with E-state index < -0.39 is 0 Å². The monoisotopic (exact) mass is 324 g/mol. The molecule has 0 aromatic carbocycles. The number of hydrogen-bond donors (Lipinski definition) is 0. The molecule has 102 valence electrons. The van der Waals surface area contributed by atoms with Gasteiger partial charge in [-0.15, -0.1) is 0 Å². The number of halogens is 1. The fourth-order valence-electron chi connectivity index (χ4n) is 2.44. The number of rotatable bonds is 4. The lowest BCUT2D eigenvalue weighted by molar-refractivity contribution is 0.0480. The molecule has 3 rings (SSSR count). The first kappa shape index (κ1) is 12.9. The molecule has 1 aliphatic rings. The number of ether oxygens (including phenoxy) is 1. The molecular formula is C13H17BrN4O. The van der Waals surface area contributed by atoms with Gasteiger partial charge in [0.15, 0.2) is 5.65 Å². The third-order valence-electron chi connectivity index (χ3n) is 3.44. The average Bonchev–Trinajstić information content (AvgIpc) is 2.93. The van der Waals surface area contributed by atoms with Crippen LogP contribution in [0, 0.1) is 0 Å². The zero-order valence-electron chi connectivity index (χ0n) is 10.7. The second-order valence-corrected chi connectivity index (χ2v) is 5.46. The summed E-state index contributed by atoms with van der Waals surface area (Å²) in [4.78, 5) is 6.94. The van der Waals surface area contributed by atoms with E-state index in [0.717, 1.165) is 49.3 Å². The molecule has 1 fully saturated rings. The van der Waals surface area contributed by atoms with Crippen LogP contribution in [0.2, 0.25) is 0 Å². The standard InChI is InChI=1S/C13H17BrN4O/c14-5-10-19-11-2-7-17(8-3-11)12-4-9-18-13(16-12)1-6-15-18/h1,4,6,9,11H,2-3,5,7-8,10H2. The van der Waals surface area contributed by atoms with E-state index in [4.69, 9.17) is 4.74 Å². The lowest BCUT2D eigenvalue weighted by atomic mass is 10.1. The van der Waals surface area contributed by atoms with E-state index in [1.54, 1.807) is 10.7 Å². The van der Waals surface area contributed by atoms with E-state index >= 15 is 0 Å². The van der Waals surface area contributed by atoms with Gasteiger partial charge in [-0.1, -0.05) is 15.9 Å². The van der Waals surface area contributed by atoms with E-state index in [-0.39, 0.29) is 0 Å². The van der Waals surface area contributed by atoms with E-state index in [2.05, 4.69) is 30.9 Å². The van der Waals surface area contributed by atoms with Crippen molar-refractivity contribution in [1.29, 1.82) is 0 Å². The maximum absolute atomic E-state index is 5.77. The summed E-state index contributed by atoms with van der Waals surface area (Å²) in [7, 11) is 0. The summed E-state index contributed by atoms with van der Waals surface area (Å²) in [6.45, 7) is 2.80. The van der Waals surface area contributed by atoms with Crippen molar-refractivity contribution in [2.45, 2.75) is 18.9 Å². The zero-order valence-corrected chi connectivity index (χ0v) is 12.3. The topological polar surface area (TPSA) is 42.7 Å². The largest absolute Gasteiger partial charge is 0.377 e. The number of anilines is 1. The van der Waals surface area contributed by atoms with Gasteiger partial charge in [0.25, 0.3) is 0 Å². The van der Waals surface area contributed by atoms with Crippen LogP contribution >= 0.6 is 15.9 Å². The van der Waals surface area contributed by atoms with Crippen LogP contribution in [0.4, 0.5) is 5.82 Å². The van der Waals surface area contributed by atoms with Crippen LogP contribution in [0.25, 0.3) is 5.65 Å². The molecular weight excluding hydrogens is 308 g/mol. The summed E-state index contributed by atoms with van der Waals surface area (Å²) in [5, 5.41) is 5.07. The number of fused-ring (bicyclic) bond motifs is 1. The van der Waals surface area contributed by atoms with Crippen molar-refractivity contribution in [3.05, 3.63) is 24.5 Å². The number of nitrogens with zero attached hydrogens (tertiary/aromatic N) is 4. The van der Waals surface area contributed by atoms with Crippen molar-refractivity contribution >= 4 is 27.4 Å². The Kier molecular flexibility index (Phi) is 3.98. The average molecular weight is 325 g/mol. The molecule has 1 saturated heterocycles. The summed E-state index contributed by atoms with van der Waals surface area (Å²) in [6.07, 6.45) is 6.27. The van der Waals surface area contributed by atoms with Gasteiger partial charge < -0.3 is 9.64 Å². The lowest BCUT2D eigenvalue weighted by Gasteiger charge is -2.32. The first-order valence-electron chi connectivity index (χ1n) is 6.60. The highest BCUT2D eigenvalue weighted by atomic mass is 79.9. The van der Waals surface area contributed by atoms with Gasteiger partial charge in [0.2, 0.25) is 0 Å². The highest BCUT2D eigenvalue weighted by Crippen LogP contribution is 2.20. The maximum atomic E-state index is 5.77. The minimum absolute atomic E-state index is 0.396. The third kappa shape index (κ3) is 2.90. The van der Waals surface area contributed by atoms with Crippen LogP contribution in [0.15, 0.2) is 24.5 Å². The van der Waals surface area contributed by atoms with Crippen molar-refractivity contribution in [3.8, 4) is 0 Å². The number of piperidine rings is 1. The van der Waals surface area contributed by atoms with Crippen molar-refractivity contribution in [2.75, 3.05) is 29.9 Å². The van der Waals surface area contributed by atoms with Crippen LogP contribution in [-0.4, -0.2) is 45.7 Å². The Labute approximate surface area is 120 Å². The van der Waals surface area contributed by atoms with E-state index in [9.17, 15) is 0 Å². The Morgan fingerprint density at radius 1 is 1.32 bits per heavy atom. The van der Waals surface area contributed by atoms with Crippen molar-refractivity contribution in [3.63, 3.8) is 0 Å². The van der Waals surface area contributed by atoms with Gasteiger partial charge in [-0.05, 0) is 18.9 Å². The Morgan fingerprint density at radius 3 is 2.95 bits per heavy atom. The van der Waals surface area contributed by atoms with E-state index in [1.807, 2.05) is 18.3 Å². The molecule has 0 radical (unpaired) electrons. The van der Waals surface area contributed by atoms with Gasteiger partial charge in [0.05, 0.1) is 18.9 Å². The van der Waals surface area contributed by atoms with Crippen LogP contribution in [0.5, 0.6) is 0 Å². The molecule has 0 amide bonds. The van der Waals surface area contributed by atoms with Crippen molar-refractivity contribution in [1.82, 2.24) is 14.6 Å². The summed E-state index contributed by atoms with van der Waals surface area (Å²) in [6, 6.07) is 3.95. The molecule has 0 bridgehead atoms. The quantitative estimate of drug-likeness (QED) is 0.808. The van der Waals surface area contributed by atoms with Crippen LogP contribution in [0.3, 0.4) is 0 Å². The summed E-state index contributed by atoms with van der Waals surface area (Å²) >= 11 is 3.39. The minimum Gasteiger partial charge on any atom is -0.377 e. The van der Waals surface area contributed by atoms with Gasteiger partial charge in [-0.25, -0.2) is 9.50 Å². The molecule has 2 aromatic rings. The second kappa shape index (κ2) is 5.88. The molecule has 0 atom stereocenters.